The van der Waals surface area contributed by atoms with Gasteiger partial charge in [-0.1, -0.05) is 42.0 Å². The van der Waals surface area contributed by atoms with E-state index in [9.17, 15) is 27.6 Å². The van der Waals surface area contributed by atoms with Gasteiger partial charge in [-0.3, -0.25) is 24.4 Å². The molecule has 1 saturated heterocycles. The van der Waals surface area contributed by atoms with E-state index in [0.717, 1.165) is 5.92 Å². The summed E-state index contributed by atoms with van der Waals surface area (Å²) in [5, 5.41) is 12.8. The van der Waals surface area contributed by atoms with E-state index in [0.29, 0.717) is 37.0 Å². The molecule has 3 unspecified atom stereocenters. The van der Waals surface area contributed by atoms with Crippen LogP contribution in [0.3, 0.4) is 0 Å². The van der Waals surface area contributed by atoms with Crippen molar-refractivity contribution in [1.82, 2.24) is 25.5 Å². The molecule has 0 radical (unpaired) electrons. The molecule has 1 saturated carbocycles. The number of piperidine rings is 1. The van der Waals surface area contributed by atoms with E-state index in [-0.39, 0.29) is 12.8 Å². The summed E-state index contributed by atoms with van der Waals surface area (Å²) in [7, 11) is 0. The first-order valence-corrected chi connectivity index (χ1v) is 11.1. The van der Waals surface area contributed by atoms with Crippen LogP contribution in [0.4, 0.5) is 13.2 Å². The van der Waals surface area contributed by atoms with Crippen LogP contribution in [0.5, 0.6) is 0 Å². The predicted octanol–water partition coefficient (Wildman–Crippen LogP) is 3.04. The van der Waals surface area contributed by atoms with Crippen LogP contribution < -0.4 is 10.6 Å². The van der Waals surface area contributed by atoms with Gasteiger partial charge in [-0.25, -0.2) is 0 Å². The van der Waals surface area contributed by atoms with Crippen LogP contribution in [0.15, 0.2) is 18.6 Å². The van der Waals surface area contributed by atoms with Crippen LogP contribution in [0.25, 0.3) is 0 Å². The lowest BCUT2D eigenvalue weighted by molar-refractivity contribution is -0.174. The summed E-state index contributed by atoms with van der Waals surface area (Å²) in [5.41, 5.74) is -0.438. The van der Waals surface area contributed by atoms with Gasteiger partial charge in [0.15, 0.2) is 5.54 Å². The maximum absolute atomic E-state index is 11.9. The van der Waals surface area contributed by atoms with Crippen LogP contribution in [-0.4, -0.2) is 58.9 Å². The Hall–Kier alpha value is -3.23. The van der Waals surface area contributed by atoms with E-state index in [2.05, 4.69) is 49.9 Å². The highest BCUT2D eigenvalue weighted by atomic mass is 19.4. The number of hydrogen-bond donors (Lipinski definition) is 2. The molecule has 0 aromatic carbocycles. The highest BCUT2D eigenvalue weighted by Crippen LogP contribution is 2.61. The molecule has 2 aliphatic rings. The average Bonchev–Trinajstić information content (AvgIpc) is 3.10. The number of halogens is 3. The summed E-state index contributed by atoms with van der Waals surface area (Å²) >= 11 is 0. The molecule has 0 bridgehead atoms. The highest BCUT2D eigenvalue weighted by Gasteiger charge is 2.62. The van der Waals surface area contributed by atoms with Gasteiger partial charge < -0.3 is 15.5 Å². The molecular formula is C24H37F3N6O3. The van der Waals surface area contributed by atoms with Crippen LogP contribution in [-0.2, 0) is 19.9 Å². The van der Waals surface area contributed by atoms with Crippen LogP contribution in [0, 0.1) is 34.5 Å². The third-order valence-electron chi connectivity index (χ3n) is 5.78. The largest absolute Gasteiger partial charge is 0.471 e. The minimum absolute atomic E-state index is 0. The van der Waals surface area contributed by atoms with E-state index in [1.54, 1.807) is 12.2 Å². The summed E-state index contributed by atoms with van der Waals surface area (Å²) < 4.78 is 35.7. The molecule has 9 nitrogen and oxygen atoms in total. The summed E-state index contributed by atoms with van der Waals surface area (Å²) in [5.74, 6) is -0.796. The molecule has 2 N–H and O–H groups in total. The maximum Gasteiger partial charge on any atom is 0.471 e. The number of likely N-dealkylation sites (tertiary alicyclic amines) is 1. The lowest BCUT2D eigenvalue weighted by atomic mass is 10.0. The van der Waals surface area contributed by atoms with Crippen molar-refractivity contribution in [1.29, 1.82) is 5.26 Å². The highest BCUT2D eigenvalue weighted by molar-refractivity contribution is 5.87. The van der Waals surface area contributed by atoms with Crippen LogP contribution in [0.2, 0.25) is 0 Å². The Morgan fingerprint density at radius 2 is 1.78 bits per heavy atom. The molecule has 0 spiro atoms. The first kappa shape index (κ1) is 32.8. The number of rotatable bonds is 5. The molecule has 1 aromatic heterocycles. The molecule has 3 amide bonds. The van der Waals surface area contributed by atoms with E-state index >= 15 is 0 Å². The van der Waals surface area contributed by atoms with E-state index in [1.807, 2.05) is 6.07 Å². The van der Waals surface area contributed by atoms with Crippen molar-refractivity contribution < 1.29 is 27.6 Å². The zero-order chi connectivity index (χ0) is 27.0. The average molecular weight is 515 g/mol. The summed E-state index contributed by atoms with van der Waals surface area (Å²) in [4.78, 5) is 41.7. The van der Waals surface area contributed by atoms with Crippen molar-refractivity contribution in [3.8, 4) is 6.07 Å². The Morgan fingerprint density at radius 3 is 2.17 bits per heavy atom. The maximum atomic E-state index is 11.9. The van der Waals surface area contributed by atoms with Gasteiger partial charge in [-0.05, 0) is 30.1 Å². The number of hydrogen-bond acceptors (Lipinski definition) is 6. The van der Waals surface area contributed by atoms with Gasteiger partial charge in [0, 0.05) is 25.5 Å². The smallest absolute Gasteiger partial charge is 0.341 e. The van der Waals surface area contributed by atoms with Crippen molar-refractivity contribution in [2.45, 2.75) is 60.7 Å². The number of nitriles is 1. The molecule has 202 valence electrons. The van der Waals surface area contributed by atoms with Crippen LogP contribution >= 0.6 is 0 Å². The second-order valence-corrected chi connectivity index (χ2v) is 9.84. The second kappa shape index (κ2) is 13.2. The monoisotopic (exact) mass is 514 g/mol. The zero-order valence-corrected chi connectivity index (χ0v) is 20.8. The number of carbonyl (C=O) groups is 3. The van der Waals surface area contributed by atoms with Gasteiger partial charge in [0.2, 0.25) is 12.3 Å². The zero-order valence-electron chi connectivity index (χ0n) is 20.8. The first-order valence-electron chi connectivity index (χ1n) is 11.1. The van der Waals surface area contributed by atoms with Gasteiger partial charge in [0.25, 0.3) is 0 Å². The fraction of sp³-hybridized carbons (Fsp3) is 0.667. The number of nitrogens with one attached hydrogen (secondary N) is 2. The predicted molar refractivity (Wildman–Crippen MR) is 128 cm³/mol. The molecule has 12 heteroatoms. The first-order chi connectivity index (χ1) is 16.1. The molecular weight excluding hydrogens is 477 g/mol. The lowest BCUT2D eigenvalue weighted by Crippen LogP contribution is -2.44. The molecule has 2 fully saturated rings. The fourth-order valence-corrected chi connectivity index (χ4v) is 3.54. The minimum atomic E-state index is -4.94. The SMILES string of the molecule is C.CC(C#N)(NC=O)c1cnccn1.CC(C)C.CC1(C)C2CN(C(=O)CNC(=O)C(F)(F)F)CC21. The molecule has 2 heterocycles. The standard InChI is InChI=1S/C11H15F3N2O2.C8H8N4O.C4H10.CH4/c1-10(2)6-4-16(5-7(6)10)8(17)3-15-9(18)11(12,13)14;1-8(5-9,12-6-13)7-4-10-2-3-11-7;1-4(2)3;/h6-7H,3-5H2,1-2H3,(H,15,18);2-4,6H,1H3,(H,12,13);4H,1-3H3;1H4. The summed E-state index contributed by atoms with van der Waals surface area (Å²) in [6.45, 7) is 12.9. The third-order valence-corrected chi connectivity index (χ3v) is 5.78. The quantitative estimate of drug-likeness (QED) is 0.582. The summed E-state index contributed by atoms with van der Waals surface area (Å²) in [6.07, 6.45) is -0.0490. The van der Waals surface area contributed by atoms with E-state index in [4.69, 9.17) is 5.26 Å². The molecule has 1 aliphatic heterocycles. The van der Waals surface area contributed by atoms with Gasteiger partial charge in [0.1, 0.15) is 0 Å². The minimum Gasteiger partial charge on any atom is -0.341 e. The van der Waals surface area contributed by atoms with E-state index < -0.39 is 30.1 Å². The lowest BCUT2D eigenvalue weighted by Gasteiger charge is -2.22. The molecule has 3 rings (SSSR count). The van der Waals surface area contributed by atoms with Gasteiger partial charge >= 0.3 is 12.1 Å². The number of alkyl halides is 3. The molecule has 3 atom stereocenters. The molecule has 1 aromatic rings. The Labute approximate surface area is 210 Å². The Bertz CT molecular complexity index is 901. The van der Waals surface area contributed by atoms with Crippen molar-refractivity contribution in [3.63, 3.8) is 0 Å². The van der Waals surface area contributed by atoms with Gasteiger partial charge in [-0.2, -0.15) is 18.4 Å². The number of aromatic nitrogens is 2. The normalized spacial score (nSPS) is 20.4. The topological polar surface area (TPSA) is 128 Å². The van der Waals surface area contributed by atoms with Gasteiger partial charge in [-0.15, -0.1) is 0 Å². The Morgan fingerprint density at radius 1 is 1.25 bits per heavy atom. The van der Waals surface area contributed by atoms with E-state index in [1.165, 1.54) is 23.5 Å². The number of fused-ring (bicyclic) bond motifs is 1. The Kier molecular flexibility index (Phi) is 12.0. The fourth-order valence-electron chi connectivity index (χ4n) is 3.54. The number of amides is 3. The molecule has 36 heavy (non-hydrogen) atoms. The van der Waals surface area contributed by atoms with Crippen molar-refractivity contribution in [2.24, 2.45) is 23.2 Å². The summed E-state index contributed by atoms with van der Waals surface area (Å²) in [6, 6.07) is 1.95. The van der Waals surface area contributed by atoms with Crippen molar-refractivity contribution >= 4 is 18.2 Å². The van der Waals surface area contributed by atoms with Crippen molar-refractivity contribution in [2.75, 3.05) is 19.6 Å². The Balaban J connectivity index is 0.000000600. The van der Waals surface area contributed by atoms with Crippen LogP contribution in [0.1, 0.15) is 54.7 Å². The number of carbonyl (C=O) groups excluding carboxylic acids is 3. The van der Waals surface area contributed by atoms with Gasteiger partial charge in [0.05, 0.1) is 24.5 Å². The second-order valence-electron chi connectivity index (χ2n) is 9.84. The molecule has 1 aliphatic carbocycles. The number of nitrogens with zero attached hydrogens (tertiary/aromatic N) is 4. The van der Waals surface area contributed by atoms with Crippen molar-refractivity contribution in [3.05, 3.63) is 24.3 Å². The third kappa shape index (κ3) is 9.09.